The molecule has 2 aromatic rings. The van der Waals surface area contributed by atoms with E-state index in [0.717, 1.165) is 30.4 Å². The highest BCUT2D eigenvalue weighted by Gasteiger charge is 2.44. The number of hydrogen-bond donors (Lipinski definition) is 5. The number of aromatic hydroxyl groups is 1. The lowest BCUT2D eigenvalue weighted by atomic mass is 9.98. The molecular formula is C32H41N5O6. The van der Waals surface area contributed by atoms with Crippen molar-refractivity contribution < 1.29 is 29.1 Å². The number of primary amides is 1. The van der Waals surface area contributed by atoms with Gasteiger partial charge in [-0.1, -0.05) is 55.3 Å². The molecule has 0 aromatic heterocycles. The van der Waals surface area contributed by atoms with Gasteiger partial charge in [0.05, 0.1) is 0 Å². The summed E-state index contributed by atoms with van der Waals surface area (Å²) in [6.45, 7) is 0.257. The summed E-state index contributed by atoms with van der Waals surface area (Å²) in [4.78, 5) is 66.4. The van der Waals surface area contributed by atoms with Crippen molar-refractivity contribution in [1.29, 1.82) is 0 Å². The van der Waals surface area contributed by atoms with Crippen LogP contribution in [-0.2, 0) is 36.9 Å². The van der Waals surface area contributed by atoms with E-state index in [1.807, 2.05) is 30.3 Å². The van der Waals surface area contributed by atoms with Gasteiger partial charge in [0.1, 0.15) is 23.9 Å². The van der Waals surface area contributed by atoms with Crippen molar-refractivity contribution >= 4 is 29.5 Å². The monoisotopic (exact) mass is 591 g/mol. The number of benzene rings is 2. The van der Waals surface area contributed by atoms with E-state index in [4.69, 9.17) is 5.73 Å². The largest absolute Gasteiger partial charge is 0.508 e. The number of carbonyl (C=O) groups excluding carboxylic acids is 5. The van der Waals surface area contributed by atoms with Gasteiger partial charge in [-0.25, -0.2) is 0 Å². The minimum atomic E-state index is -0.997. The molecule has 2 heterocycles. The van der Waals surface area contributed by atoms with Gasteiger partial charge in [0, 0.05) is 25.4 Å². The Morgan fingerprint density at radius 1 is 0.907 bits per heavy atom. The van der Waals surface area contributed by atoms with Crippen molar-refractivity contribution in [2.45, 2.75) is 94.9 Å². The van der Waals surface area contributed by atoms with Crippen molar-refractivity contribution in [2.24, 2.45) is 5.73 Å². The zero-order chi connectivity index (χ0) is 30.8. The van der Waals surface area contributed by atoms with E-state index in [2.05, 4.69) is 16.0 Å². The van der Waals surface area contributed by atoms with Crippen LogP contribution < -0.4 is 21.7 Å². The number of nitrogens with one attached hydrogen (secondary N) is 3. The molecule has 5 amide bonds. The molecule has 0 saturated carbocycles. The zero-order valence-corrected chi connectivity index (χ0v) is 24.3. The van der Waals surface area contributed by atoms with Crippen LogP contribution >= 0.6 is 0 Å². The van der Waals surface area contributed by atoms with Crippen LogP contribution in [0.25, 0.3) is 0 Å². The predicted octanol–water partition coefficient (Wildman–Crippen LogP) is 1.81. The normalized spacial score (nSPS) is 20.7. The minimum absolute atomic E-state index is 0.0332. The molecule has 4 rings (SSSR count). The maximum atomic E-state index is 13.8. The number of carbonyl (C=O) groups is 5. The first-order valence-corrected chi connectivity index (χ1v) is 15.0. The highest BCUT2D eigenvalue weighted by atomic mass is 16.3. The average molecular weight is 592 g/mol. The second-order valence-electron chi connectivity index (χ2n) is 11.3. The van der Waals surface area contributed by atoms with Crippen LogP contribution in [0, 0.1) is 0 Å². The molecule has 6 N–H and O–H groups in total. The fourth-order valence-electron chi connectivity index (χ4n) is 5.84. The predicted molar refractivity (Wildman–Crippen MR) is 159 cm³/mol. The summed E-state index contributed by atoms with van der Waals surface area (Å²) in [6.07, 6.45) is 4.58. The molecule has 2 fully saturated rings. The zero-order valence-electron chi connectivity index (χ0n) is 24.3. The minimum Gasteiger partial charge on any atom is -0.508 e. The smallest absolute Gasteiger partial charge is 0.246 e. The van der Waals surface area contributed by atoms with Crippen LogP contribution in [0.3, 0.4) is 0 Å². The molecule has 2 aliphatic heterocycles. The van der Waals surface area contributed by atoms with Gasteiger partial charge in [0.25, 0.3) is 0 Å². The number of fused-ring (bicyclic) bond motifs is 1. The number of rotatable bonds is 12. The van der Waals surface area contributed by atoms with Crippen molar-refractivity contribution in [1.82, 2.24) is 20.9 Å². The number of phenols is 1. The molecule has 11 heteroatoms. The van der Waals surface area contributed by atoms with Gasteiger partial charge in [0.2, 0.25) is 29.5 Å². The molecule has 2 aromatic carbocycles. The fourth-order valence-corrected chi connectivity index (χ4v) is 5.84. The van der Waals surface area contributed by atoms with Crippen LogP contribution in [0.2, 0.25) is 0 Å². The average Bonchev–Trinajstić information content (AvgIpc) is 3.42. The first-order valence-electron chi connectivity index (χ1n) is 15.0. The Balaban J connectivity index is 1.40. The third kappa shape index (κ3) is 9.04. The molecule has 0 unspecified atom stereocenters. The maximum Gasteiger partial charge on any atom is 0.246 e. The SMILES string of the molecule is NC(=O)CC[C@H](NC(=O)[C@@H]1CC[C@@H]2CCCC[C@H](NC(=O)CCc3ccc(O)cc3)C(=O)N21)C(=O)NCc1ccccc1. The van der Waals surface area contributed by atoms with Crippen molar-refractivity contribution in [3.63, 3.8) is 0 Å². The first kappa shape index (κ1) is 31.5. The second-order valence-corrected chi connectivity index (χ2v) is 11.3. The Morgan fingerprint density at radius 2 is 1.63 bits per heavy atom. The van der Waals surface area contributed by atoms with Crippen LogP contribution in [-0.4, -0.2) is 63.7 Å². The van der Waals surface area contributed by atoms with Gasteiger partial charge in [0.15, 0.2) is 0 Å². The Labute approximate surface area is 251 Å². The number of nitrogens with zero attached hydrogens (tertiary/aromatic N) is 1. The third-order valence-corrected chi connectivity index (χ3v) is 8.17. The fraction of sp³-hybridized carbons (Fsp3) is 0.469. The molecule has 230 valence electrons. The summed E-state index contributed by atoms with van der Waals surface area (Å²) >= 11 is 0. The number of aryl methyl sites for hydroxylation is 1. The van der Waals surface area contributed by atoms with E-state index in [-0.39, 0.29) is 49.4 Å². The van der Waals surface area contributed by atoms with Gasteiger partial charge in [-0.2, -0.15) is 0 Å². The quantitative estimate of drug-likeness (QED) is 0.252. The van der Waals surface area contributed by atoms with E-state index in [0.29, 0.717) is 25.7 Å². The molecule has 2 aliphatic rings. The van der Waals surface area contributed by atoms with E-state index in [1.165, 1.54) is 0 Å². The number of amides is 5. The molecule has 11 nitrogen and oxygen atoms in total. The molecule has 0 radical (unpaired) electrons. The third-order valence-electron chi connectivity index (χ3n) is 8.17. The second kappa shape index (κ2) is 15.2. The summed E-state index contributed by atoms with van der Waals surface area (Å²) in [7, 11) is 0. The summed E-state index contributed by atoms with van der Waals surface area (Å²) in [5.74, 6) is -1.88. The first-order chi connectivity index (χ1) is 20.7. The molecule has 4 atom stereocenters. The number of phenolic OH excluding ortho intramolecular Hbond substituents is 1. The highest BCUT2D eigenvalue weighted by molar-refractivity contribution is 5.95. The molecule has 0 aliphatic carbocycles. The highest BCUT2D eigenvalue weighted by Crippen LogP contribution is 2.31. The Morgan fingerprint density at radius 3 is 2.35 bits per heavy atom. The van der Waals surface area contributed by atoms with Crippen LogP contribution in [0.15, 0.2) is 54.6 Å². The molecule has 2 saturated heterocycles. The van der Waals surface area contributed by atoms with Gasteiger partial charge in [-0.15, -0.1) is 0 Å². The summed E-state index contributed by atoms with van der Waals surface area (Å²) < 4.78 is 0. The van der Waals surface area contributed by atoms with E-state index < -0.39 is 35.8 Å². The number of hydrogen-bond acceptors (Lipinski definition) is 6. The van der Waals surface area contributed by atoms with Gasteiger partial charge < -0.3 is 31.7 Å². The van der Waals surface area contributed by atoms with E-state index in [1.54, 1.807) is 29.2 Å². The number of nitrogens with two attached hydrogens (primary N) is 1. The molecule has 43 heavy (non-hydrogen) atoms. The molecule has 0 bridgehead atoms. The lowest BCUT2D eigenvalue weighted by Gasteiger charge is -2.35. The van der Waals surface area contributed by atoms with Crippen molar-refractivity contribution in [3.8, 4) is 5.75 Å². The molecule has 0 spiro atoms. The molecular weight excluding hydrogens is 550 g/mol. The van der Waals surface area contributed by atoms with Gasteiger partial charge in [-0.3, -0.25) is 24.0 Å². The van der Waals surface area contributed by atoms with Crippen molar-refractivity contribution in [3.05, 3.63) is 65.7 Å². The summed E-state index contributed by atoms with van der Waals surface area (Å²) in [5.41, 5.74) is 7.11. The van der Waals surface area contributed by atoms with Gasteiger partial charge in [-0.05, 0) is 61.8 Å². The topological polar surface area (TPSA) is 171 Å². The Kier molecular flexibility index (Phi) is 11.1. The van der Waals surface area contributed by atoms with E-state index >= 15 is 0 Å². The maximum absolute atomic E-state index is 13.8. The summed E-state index contributed by atoms with van der Waals surface area (Å²) in [6, 6.07) is 13.3. The van der Waals surface area contributed by atoms with Crippen LogP contribution in [0.5, 0.6) is 5.75 Å². The summed E-state index contributed by atoms with van der Waals surface area (Å²) in [5, 5.41) is 17.9. The van der Waals surface area contributed by atoms with Crippen LogP contribution in [0.1, 0.15) is 68.9 Å². The standard InChI is InChI=1S/C32H41N5O6/c33-28(39)18-16-25(30(41)34-20-22-6-2-1-3-7-22)36-31(42)27-17-13-23-8-4-5-9-26(32(43)37(23)27)35-29(40)19-12-21-10-14-24(38)15-11-21/h1-3,6-7,10-11,14-15,23,25-27,38H,4-5,8-9,12-13,16-20H2,(H2,33,39)(H,34,41)(H,35,40)(H,36,42)/t23-,25-,26-,27-/m0/s1. The van der Waals surface area contributed by atoms with Crippen molar-refractivity contribution in [2.75, 3.05) is 0 Å². The van der Waals surface area contributed by atoms with E-state index in [9.17, 15) is 29.1 Å². The Bertz CT molecular complexity index is 1280. The van der Waals surface area contributed by atoms with Gasteiger partial charge >= 0.3 is 0 Å². The lowest BCUT2D eigenvalue weighted by molar-refractivity contribution is -0.144. The Hall–Kier alpha value is -4.41. The lowest BCUT2D eigenvalue weighted by Crippen LogP contribution is -2.58. The van der Waals surface area contributed by atoms with Crippen LogP contribution in [0.4, 0.5) is 0 Å².